The lowest BCUT2D eigenvalue weighted by atomic mass is 9.99. The zero-order valence-corrected chi connectivity index (χ0v) is 36.6. The van der Waals surface area contributed by atoms with Gasteiger partial charge in [0.25, 0.3) is 0 Å². The molecule has 0 saturated heterocycles. The van der Waals surface area contributed by atoms with Crippen molar-refractivity contribution >= 4 is 66.8 Å². The first-order valence-corrected chi connectivity index (χ1v) is 22.6. The van der Waals surface area contributed by atoms with Crippen LogP contribution in [0.25, 0.3) is 71.8 Å². The lowest BCUT2D eigenvalue weighted by Crippen LogP contribution is -2.09. The summed E-state index contributed by atoms with van der Waals surface area (Å²) in [5.74, 6) is 0. The molecule has 67 heavy (non-hydrogen) atoms. The van der Waals surface area contributed by atoms with Crippen molar-refractivity contribution in [1.82, 2.24) is 14.5 Å². The summed E-state index contributed by atoms with van der Waals surface area (Å²) in [5.41, 5.74) is 17.9. The molecule has 0 radical (unpaired) electrons. The van der Waals surface area contributed by atoms with Gasteiger partial charge in [-0.2, -0.15) is 0 Å². The van der Waals surface area contributed by atoms with E-state index in [0.717, 1.165) is 95.1 Å². The van der Waals surface area contributed by atoms with Gasteiger partial charge in [0.1, 0.15) is 6.33 Å². The van der Waals surface area contributed by atoms with Crippen LogP contribution in [0.2, 0.25) is 0 Å². The molecule has 2 heterocycles. The molecule has 0 spiro atoms. The zero-order chi connectivity index (χ0) is 44.5. The smallest absolute Gasteiger partial charge is 0.116 e. The molecule has 0 amide bonds. The highest BCUT2D eigenvalue weighted by atomic mass is 15.1. The van der Waals surface area contributed by atoms with Gasteiger partial charge in [0.05, 0.1) is 16.6 Å². The van der Waals surface area contributed by atoms with E-state index in [1.54, 1.807) is 6.33 Å². The Morgan fingerprint density at radius 1 is 0.313 bits per heavy atom. The van der Waals surface area contributed by atoms with Crippen LogP contribution >= 0.6 is 0 Å². The number of fused-ring (bicyclic) bond motifs is 4. The molecule has 2 aromatic heterocycles. The number of aromatic nitrogens is 3. The molecule has 10 aromatic carbocycles. The highest BCUT2D eigenvalue weighted by Crippen LogP contribution is 2.41. The number of rotatable bonds is 10. The van der Waals surface area contributed by atoms with Crippen molar-refractivity contribution in [3.8, 4) is 39.1 Å². The Bertz CT molecular complexity index is 3380. The highest BCUT2D eigenvalue weighted by molar-refractivity contribution is 6.11. The fraction of sp³-hybridized carbons (Fsp3) is 0. The van der Waals surface area contributed by atoms with Gasteiger partial charge < -0.3 is 14.4 Å². The van der Waals surface area contributed by atoms with Crippen LogP contribution in [0.5, 0.6) is 0 Å². The second-order valence-corrected chi connectivity index (χ2v) is 16.7. The highest BCUT2D eigenvalue weighted by Gasteiger charge is 2.18. The monoisotopic (exact) mass is 857 g/mol. The quantitative estimate of drug-likeness (QED) is 0.137. The average Bonchev–Trinajstić information content (AvgIpc) is 3.73. The van der Waals surface area contributed by atoms with Gasteiger partial charge in [0, 0.05) is 62.2 Å². The van der Waals surface area contributed by atoms with Crippen molar-refractivity contribution < 1.29 is 0 Å². The molecule has 0 aliphatic carbocycles. The van der Waals surface area contributed by atoms with Gasteiger partial charge in [0.15, 0.2) is 0 Å². The summed E-state index contributed by atoms with van der Waals surface area (Å²) in [7, 11) is 0. The van der Waals surface area contributed by atoms with E-state index in [1.165, 1.54) is 10.8 Å². The largest absolute Gasteiger partial charge is 0.311 e. The Balaban J connectivity index is 0.952. The third-order valence-corrected chi connectivity index (χ3v) is 12.7. The van der Waals surface area contributed by atoms with E-state index in [9.17, 15) is 0 Å². The first-order chi connectivity index (χ1) is 33.2. The molecular formula is C62H43N5. The van der Waals surface area contributed by atoms with Gasteiger partial charge >= 0.3 is 0 Å². The zero-order valence-electron chi connectivity index (χ0n) is 36.6. The first kappa shape index (κ1) is 39.5. The third kappa shape index (κ3) is 7.54. The molecule has 0 bridgehead atoms. The minimum Gasteiger partial charge on any atom is -0.311 e. The molecular weight excluding hydrogens is 815 g/mol. The molecule has 12 aromatic rings. The topological polar surface area (TPSA) is 37.2 Å². The lowest BCUT2D eigenvalue weighted by molar-refractivity contribution is 1.18. The fourth-order valence-electron chi connectivity index (χ4n) is 9.44. The first-order valence-electron chi connectivity index (χ1n) is 22.6. The van der Waals surface area contributed by atoms with Gasteiger partial charge in [-0.15, -0.1) is 0 Å². The molecule has 0 aliphatic heterocycles. The van der Waals surface area contributed by atoms with Crippen molar-refractivity contribution in [2.75, 3.05) is 9.80 Å². The van der Waals surface area contributed by atoms with E-state index in [1.807, 2.05) is 6.20 Å². The van der Waals surface area contributed by atoms with Crippen LogP contribution in [-0.2, 0) is 0 Å². The molecule has 5 heteroatoms. The molecule has 316 valence electrons. The fourth-order valence-corrected chi connectivity index (χ4v) is 9.44. The summed E-state index contributed by atoms with van der Waals surface area (Å²) in [5, 5.41) is 3.42. The normalized spacial score (nSPS) is 11.3. The van der Waals surface area contributed by atoms with Crippen molar-refractivity contribution in [1.29, 1.82) is 0 Å². The van der Waals surface area contributed by atoms with E-state index >= 15 is 0 Å². The van der Waals surface area contributed by atoms with Crippen molar-refractivity contribution in [3.05, 3.63) is 261 Å². The van der Waals surface area contributed by atoms with Gasteiger partial charge in [-0.25, -0.2) is 9.97 Å². The number of nitrogens with zero attached hydrogens (tertiary/aromatic N) is 5. The van der Waals surface area contributed by atoms with Gasteiger partial charge in [0.2, 0.25) is 0 Å². The summed E-state index contributed by atoms with van der Waals surface area (Å²) in [6.07, 6.45) is 3.47. The second-order valence-electron chi connectivity index (χ2n) is 16.7. The summed E-state index contributed by atoms with van der Waals surface area (Å²) in [4.78, 5) is 13.3. The number of hydrogen-bond acceptors (Lipinski definition) is 4. The minimum atomic E-state index is 0.939. The summed E-state index contributed by atoms with van der Waals surface area (Å²) in [6.45, 7) is 0. The molecule has 12 rings (SSSR count). The summed E-state index contributed by atoms with van der Waals surface area (Å²) in [6, 6.07) is 89.2. The molecule has 0 N–H and O–H groups in total. The maximum absolute atomic E-state index is 4.42. The maximum Gasteiger partial charge on any atom is 0.116 e. The predicted octanol–water partition coefficient (Wildman–Crippen LogP) is 16.7. The number of para-hydroxylation sites is 4. The Morgan fingerprint density at radius 2 is 0.672 bits per heavy atom. The van der Waals surface area contributed by atoms with Gasteiger partial charge in [-0.3, -0.25) is 0 Å². The molecule has 0 unspecified atom stereocenters. The third-order valence-electron chi connectivity index (χ3n) is 12.7. The predicted molar refractivity (Wildman–Crippen MR) is 280 cm³/mol. The second kappa shape index (κ2) is 17.1. The van der Waals surface area contributed by atoms with Crippen LogP contribution in [-0.4, -0.2) is 14.5 Å². The van der Waals surface area contributed by atoms with Crippen LogP contribution in [0, 0.1) is 0 Å². The molecule has 5 nitrogen and oxygen atoms in total. The van der Waals surface area contributed by atoms with Gasteiger partial charge in [-0.05, 0) is 155 Å². The Labute approximate surface area is 389 Å². The van der Waals surface area contributed by atoms with E-state index in [2.05, 4.69) is 273 Å². The minimum absolute atomic E-state index is 0.939. The van der Waals surface area contributed by atoms with Crippen LogP contribution in [0.15, 0.2) is 261 Å². The average molecular weight is 858 g/mol. The number of benzene rings is 10. The van der Waals surface area contributed by atoms with Gasteiger partial charge in [-0.1, -0.05) is 127 Å². The number of anilines is 6. The lowest BCUT2D eigenvalue weighted by Gasteiger charge is -2.25. The van der Waals surface area contributed by atoms with E-state index < -0.39 is 0 Å². The van der Waals surface area contributed by atoms with Crippen molar-refractivity contribution in [3.63, 3.8) is 0 Å². The van der Waals surface area contributed by atoms with Crippen molar-refractivity contribution in [2.24, 2.45) is 0 Å². The summed E-state index contributed by atoms with van der Waals surface area (Å²) >= 11 is 0. The maximum atomic E-state index is 4.42. The van der Waals surface area contributed by atoms with Crippen molar-refractivity contribution in [2.45, 2.75) is 0 Å². The van der Waals surface area contributed by atoms with Crippen LogP contribution in [0.1, 0.15) is 0 Å². The van der Waals surface area contributed by atoms with Crippen LogP contribution < -0.4 is 9.80 Å². The Morgan fingerprint density at radius 3 is 1.10 bits per heavy atom. The Hall–Kier alpha value is -9.06. The molecule has 0 atom stereocenters. The van der Waals surface area contributed by atoms with E-state index in [0.29, 0.717) is 0 Å². The molecule has 0 aliphatic rings. The van der Waals surface area contributed by atoms with E-state index in [-0.39, 0.29) is 0 Å². The molecule has 0 saturated carbocycles. The Kier molecular flexibility index (Phi) is 10.1. The SMILES string of the molecule is c1ccc(N(c2ccccc2)c2ccc(-c3ccc4c(c3)c3cc(-c5ccc(N(c6ccccc6)c6ccccc6)cc5)ccc3n4-c3ccc(-c4ccc5ncncc5c4)cc3)cc2)cc1. The number of hydrogen-bond donors (Lipinski definition) is 0. The standard InChI is InChI=1S/C62H43N5/c1-5-13-51(14-6-1)65(52-15-7-2-8-16-52)55-30-21-45(22-31-55)48-28-37-61-58(40-48)59-41-49(46-23-32-56(33-24-46)66(53-17-9-3-10-18-53)54-19-11-4-12-20-54)29-38-62(59)67(61)57-34-25-44(26-35-57)47-27-36-60-50(39-47)42-63-43-64-60/h1-43H. The van der Waals surface area contributed by atoms with E-state index in [4.69, 9.17) is 0 Å². The molecule has 0 fully saturated rings. The summed E-state index contributed by atoms with van der Waals surface area (Å²) < 4.78 is 2.40. The van der Waals surface area contributed by atoms with Crippen LogP contribution in [0.4, 0.5) is 34.1 Å². The van der Waals surface area contributed by atoms with Crippen LogP contribution in [0.3, 0.4) is 0 Å².